The molecule has 9 heteroatoms. The van der Waals surface area contributed by atoms with Crippen LogP contribution in [0.15, 0.2) is 35.9 Å². The van der Waals surface area contributed by atoms with E-state index < -0.39 is 24.5 Å². The second-order valence-electron chi connectivity index (χ2n) is 6.80. The number of nitriles is 1. The number of hydrogen-bond donors (Lipinski definition) is 1. The summed E-state index contributed by atoms with van der Waals surface area (Å²) in [6.07, 6.45) is 1.43. The monoisotopic (exact) mass is 439 g/mol. The summed E-state index contributed by atoms with van der Waals surface area (Å²) in [5.41, 5.74) is 2.68. The van der Waals surface area contributed by atoms with E-state index in [2.05, 4.69) is 10.1 Å². The maximum Gasteiger partial charge on any atom is 0.349 e. The molecule has 0 aliphatic rings. The molecule has 0 fully saturated rings. The van der Waals surface area contributed by atoms with Crippen molar-refractivity contribution in [3.8, 4) is 6.07 Å². The molecular weight excluding hydrogens is 414 g/mol. The first kappa shape index (κ1) is 24.4. The van der Waals surface area contributed by atoms with Gasteiger partial charge in [0.1, 0.15) is 11.6 Å². The first-order valence-electron chi connectivity index (χ1n) is 9.74. The summed E-state index contributed by atoms with van der Waals surface area (Å²) in [5.74, 6) is -2.20. The summed E-state index contributed by atoms with van der Waals surface area (Å²) in [7, 11) is 2.84. The van der Waals surface area contributed by atoms with Crippen molar-refractivity contribution in [2.75, 3.05) is 32.8 Å². The largest absolute Gasteiger partial charge is 0.465 e. The van der Waals surface area contributed by atoms with Gasteiger partial charge in [-0.15, -0.1) is 0 Å². The van der Waals surface area contributed by atoms with Gasteiger partial charge in [0.25, 0.3) is 5.91 Å². The molecule has 1 N–H and O–H groups in total. The quantitative estimate of drug-likeness (QED) is 0.362. The highest BCUT2D eigenvalue weighted by Gasteiger charge is 2.17. The number of hydrogen-bond acceptors (Lipinski definition) is 7. The van der Waals surface area contributed by atoms with E-state index >= 15 is 0 Å². The Morgan fingerprint density at radius 1 is 1.19 bits per heavy atom. The zero-order valence-electron chi connectivity index (χ0n) is 18.4. The third-order valence-electron chi connectivity index (χ3n) is 4.71. The Morgan fingerprint density at radius 3 is 2.56 bits per heavy atom. The lowest BCUT2D eigenvalue weighted by Crippen LogP contribution is -2.22. The highest BCUT2D eigenvalue weighted by atomic mass is 16.5. The molecular formula is C23H25N3O6. The van der Waals surface area contributed by atoms with Crippen molar-refractivity contribution in [3.63, 3.8) is 0 Å². The number of esters is 2. The van der Waals surface area contributed by atoms with Crippen molar-refractivity contribution in [3.05, 3.63) is 58.4 Å². The summed E-state index contributed by atoms with van der Waals surface area (Å²) >= 11 is 0. The fraction of sp³-hybridized carbons (Fsp3) is 0.304. The second kappa shape index (κ2) is 11.5. The van der Waals surface area contributed by atoms with Gasteiger partial charge in [-0.1, -0.05) is 12.1 Å². The van der Waals surface area contributed by atoms with Crippen LogP contribution in [-0.4, -0.2) is 49.8 Å². The number of aryl methyl sites for hydroxylation is 1. The number of para-hydroxylation sites is 1. The van der Waals surface area contributed by atoms with Gasteiger partial charge in [-0.05, 0) is 43.7 Å². The minimum absolute atomic E-state index is 0.163. The van der Waals surface area contributed by atoms with Gasteiger partial charge in [0.15, 0.2) is 6.61 Å². The highest BCUT2D eigenvalue weighted by Crippen LogP contribution is 2.19. The average Bonchev–Trinajstić information content (AvgIpc) is 3.06. The number of methoxy groups -OCH3 is 2. The molecule has 1 aromatic heterocycles. The maximum absolute atomic E-state index is 12.3. The molecule has 0 radical (unpaired) electrons. The van der Waals surface area contributed by atoms with Gasteiger partial charge in [0.05, 0.1) is 25.0 Å². The first-order valence-corrected chi connectivity index (χ1v) is 9.74. The summed E-state index contributed by atoms with van der Waals surface area (Å²) in [6.45, 7) is 4.34. The summed E-state index contributed by atoms with van der Waals surface area (Å²) in [5, 5.41) is 11.9. The van der Waals surface area contributed by atoms with Crippen LogP contribution in [0.3, 0.4) is 0 Å². The molecule has 0 spiro atoms. The van der Waals surface area contributed by atoms with E-state index in [1.165, 1.54) is 25.3 Å². The van der Waals surface area contributed by atoms with Gasteiger partial charge in [-0.25, -0.2) is 9.59 Å². The molecule has 1 amide bonds. The highest BCUT2D eigenvalue weighted by molar-refractivity contribution is 6.03. The van der Waals surface area contributed by atoms with Crippen LogP contribution in [0, 0.1) is 25.2 Å². The molecule has 2 aromatic rings. The number of benzene rings is 1. The smallest absolute Gasteiger partial charge is 0.349 e. The van der Waals surface area contributed by atoms with Crippen molar-refractivity contribution < 1.29 is 28.6 Å². The number of ether oxygens (including phenoxy) is 3. The van der Waals surface area contributed by atoms with E-state index in [0.29, 0.717) is 18.7 Å². The van der Waals surface area contributed by atoms with Gasteiger partial charge in [-0.2, -0.15) is 5.26 Å². The lowest BCUT2D eigenvalue weighted by atomic mass is 10.1. The number of carbonyl (C=O) groups excluding carboxylic acids is 3. The first-order chi connectivity index (χ1) is 15.3. The van der Waals surface area contributed by atoms with Gasteiger partial charge in [-0.3, -0.25) is 4.79 Å². The Labute approximate surface area is 186 Å². The molecule has 1 heterocycles. The number of nitrogens with zero attached hydrogens (tertiary/aromatic N) is 2. The summed E-state index contributed by atoms with van der Waals surface area (Å²) < 4.78 is 16.8. The molecule has 0 saturated heterocycles. The number of anilines is 1. The Hall–Kier alpha value is -3.90. The topological polar surface area (TPSA) is 120 Å². The van der Waals surface area contributed by atoms with E-state index in [0.717, 1.165) is 11.4 Å². The number of carbonyl (C=O) groups is 3. The van der Waals surface area contributed by atoms with Crippen molar-refractivity contribution in [2.45, 2.75) is 20.4 Å². The number of rotatable bonds is 9. The van der Waals surface area contributed by atoms with Crippen molar-refractivity contribution in [1.82, 2.24) is 4.57 Å². The lowest BCUT2D eigenvalue weighted by Gasteiger charge is -2.10. The maximum atomic E-state index is 12.3. The van der Waals surface area contributed by atoms with Crippen molar-refractivity contribution >= 4 is 29.6 Å². The van der Waals surface area contributed by atoms with E-state index in [1.807, 2.05) is 30.6 Å². The molecule has 0 unspecified atom stereocenters. The standard InChI is InChI=1S/C23H25N3O6/c1-15-11-17(16(2)26(15)9-10-30-3)12-18(13-24)22(28)32-14-21(27)25-20-8-6-5-7-19(20)23(29)31-4/h5-8,11-12H,9-10,14H2,1-4H3,(H,25,27)/b18-12+. The Bertz CT molecular complexity index is 1080. The van der Waals surface area contributed by atoms with Crippen LogP contribution < -0.4 is 5.32 Å². The molecule has 0 atom stereocenters. The van der Waals surface area contributed by atoms with Crippen LogP contribution >= 0.6 is 0 Å². The van der Waals surface area contributed by atoms with Crippen molar-refractivity contribution in [2.24, 2.45) is 0 Å². The molecule has 2 rings (SSSR count). The normalized spacial score (nSPS) is 10.9. The van der Waals surface area contributed by atoms with Crippen LogP contribution in [0.2, 0.25) is 0 Å². The molecule has 168 valence electrons. The predicted molar refractivity (Wildman–Crippen MR) is 117 cm³/mol. The molecule has 1 aromatic carbocycles. The fourth-order valence-corrected chi connectivity index (χ4v) is 3.07. The van der Waals surface area contributed by atoms with E-state index in [4.69, 9.17) is 9.47 Å². The third kappa shape index (κ3) is 6.06. The number of aromatic nitrogens is 1. The Morgan fingerprint density at radius 2 is 1.91 bits per heavy atom. The predicted octanol–water partition coefficient (Wildman–Crippen LogP) is 2.63. The van der Waals surface area contributed by atoms with E-state index in [-0.39, 0.29) is 16.8 Å². The minimum atomic E-state index is -0.925. The lowest BCUT2D eigenvalue weighted by molar-refractivity contribution is -0.142. The molecule has 0 aliphatic carbocycles. The molecule has 0 bridgehead atoms. The van der Waals surface area contributed by atoms with Crippen LogP contribution in [0.4, 0.5) is 5.69 Å². The van der Waals surface area contributed by atoms with Gasteiger partial charge in [0.2, 0.25) is 0 Å². The molecule has 9 nitrogen and oxygen atoms in total. The third-order valence-corrected chi connectivity index (χ3v) is 4.71. The van der Waals surface area contributed by atoms with Crippen LogP contribution in [0.5, 0.6) is 0 Å². The minimum Gasteiger partial charge on any atom is -0.465 e. The van der Waals surface area contributed by atoms with Crippen LogP contribution in [0.1, 0.15) is 27.3 Å². The molecule has 0 saturated carbocycles. The Balaban J connectivity index is 2.07. The van der Waals surface area contributed by atoms with Gasteiger partial charge in [0, 0.05) is 25.0 Å². The van der Waals surface area contributed by atoms with Gasteiger partial charge < -0.3 is 24.1 Å². The zero-order valence-corrected chi connectivity index (χ0v) is 18.4. The van der Waals surface area contributed by atoms with Crippen LogP contribution in [0.25, 0.3) is 6.08 Å². The number of nitrogens with one attached hydrogen (secondary N) is 1. The summed E-state index contributed by atoms with van der Waals surface area (Å²) in [6, 6.07) is 9.94. The average molecular weight is 439 g/mol. The zero-order chi connectivity index (χ0) is 23.7. The summed E-state index contributed by atoms with van der Waals surface area (Å²) in [4.78, 5) is 36.3. The van der Waals surface area contributed by atoms with Crippen molar-refractivity contribution in [1.29, 1.82) is 5.26 Å². The molecule has 32 heavy (non-hydrogen) atoms. The second-order valence-corrected chi connectivity index (χ2v) is 6.80. The number of amides is 1. The fourth-order valence-electron chi connectivity index (χ4n) is 3.07. The van der Waals surface area contributed by atoms with E-state index in [1.54, 1.807) is 19.2 Å². The SMILES string of the molecule is COCCn1c(C)cc(/C=C(\C#N)C(=O)OCC(=O)Nc2ccccc2C(=O)OC)c1C. The van der Waals surface area contributed by atoms with E-state index in [9.17, 15) is 19.6 Å². The molecule has 0 aliphatic heterocycles. The van der Waals surface area contributed by atoms with Gasteiger partial charge >= 0.3 is 11.9 Å². The van der Waals surface area contributed by atoms with Crippen LogP contribution in [-0.2, 0) is 30.3 Å². The Kier molecular flexibility index (Phi) is 8.74.